The fourth-order valence-electron chi connectivity index (χ4n) is 2.58. The van der Waals surface area contributed by atoms with Crippen LogP contribution in [0.25, 0.3) is 0 Å². The Balaban J connectivity index is 1.68. The lowest BCUT2D eigenvalue weighted by atomic mass is 10.1. The fourth-order valence-corrected chi connectivity index (χ4v) is 2.58. The van der Waals surface area contributed by atoms with Crippen molar-refractivity contribution < 1.29 is 4.79 Å². The van der Waals surface area contributed by atoms with Crippen LogP contribution in [0.1, 0.15) is 12.8 Å². The summed E-state index contributed by atoms with van der Waals surface area (Å²) in [5.74, 6) is 0.281. The van der Waals surface area contributed by atoms with Crippen LogP contribution in [0.15, 0.2) is 11.1 Å². The summed E-state index contributed by atoms with van der Waals surface area (Å²) in [6.45, 7) is 2.48. The van der Waals surface area contributed by atoms with Crippen molar-refractivity contribution in [3.8, 4) is 0 Å². The first-order chi connectivity index (χ1) is 6.74. The monoisotopic (exact) mass is 193 g/mol. The Kier molecular flexibility index (Phi) is 1.69. The molecule has 4 nitrogen and oxygen atoms in total. The summed E-state index contributed by atoms with van der Waals surface area (Å²) in [6.07, 6.45) is 2.07. The van der Waals surface area contributed by atoms with E-state index in [9.17, 15) is 4.79 Å². The predicted octanol–water partition coefficient (Wildman–Crippen LogP) is -0.782. The third kappa shape index (κ3) is 1.26. The third-order valence-electron chi connectivity index (χ3n) is 3.41. The predicted molar refractivity (Wildman–Crippen MR) is 52.6 cm³/mol. The van der Waals surface area contributed by atoms with Gasteiger partial charge in [0.1, 0.15) is 0 Å². The van der Waals surface area contributed by atoms with Gasteiger partial charge in [0, 0.05) is 25.2 Å². The first-order valence-electron chi connectivity index (χ1n) is 5.21. The summed E-state index contributed by atoms with van der Waals surface area (Å²) in [6, 6.07) is 0.722. The molecule has 3 rings (SSSR count). The van der Waals surface area contributed by atoms with Crippen molar-refractivity contribution in [2.24, 2.45) is 5.73 Å². The molecule has 0 bridgehead atoms. The van der Waals surface area contributed by atoms with Crippen molar-refractivity contribution in [2.75, 3.05) is 19.6 Å². The van der Waals surface area contributed by atoms with Gasteiger partial charge in [0.05, 0.1) is 6.54 Å². The summed E-state index contributed by atoms with van der Waals surface area (Å²) >= 11 is 0. The van der Waals surface area contributed by atoms with Gasteiger partial charge in [-0.25, -0.2) is 0 Å². The highest BCUT2D eigenvalue weighted by Gasteiger charge is 2.37. The molecule has 3 aliphatic rings. The van der Waals surface area contributed by atoms with E-state index < -0.39 is 0 Å². The number of carbonyl (C=O) groups excluding carboxylic acids is 1. The second-order valence-corrected chi connectivity index (χ2v) is 4.50. The molecule has 1 fully saturated rings. The molecule has 1 aliphatic carbocycles. The van der Waals surface area contributed by atoms with Gasteiger partial charge in [0.2, 0.25) is 5.91 Å². The van der Waals surface area contributed by atoms with Crippen LogP contribution >= 0.6 is 0 Å². The van der Waals surface area contributed by atoms with E-state index in [-0.39, 0.29) is 5.91 Å². The standard InChI is InChI=1S/C10H15N3O/c11-7-1-6-3-12-9(8(6)2-7)4-13-5-10(13)14/h7,9,12H,1-5,11H2/t7-,9+,13?/m0/s1. The van der Waals surface area contributed by atoms with Gasteiger partial charge in [0.25, 0.3) is 0 Å². The molecule has 3 N–H and O–H groups in total. The highest BCUT2D eigenvalue weighted by molar-refractivity contribution is 5.92. The maximum atomic E-state index is 10.9. The second-order valence-electron chi connectivity index (χ2n) is 4.50. The minimum absolute atomic E-state index is 0.281. The molecule has 1 amide bonds. The van der Waals surface area contributed by atoms with Crippen LogP contribution in [0.5, 0.6) is 0 Å². The smallest absolute Gasteiger partial charge is 0.242 e. The average molecular weight is 193 g/mol. The molecular weight excluding hydrogens is 178 g/mol. The van der Waals surface area contributed by atoms with E-state index in [1.165, 1.54) is 11.1 Å². The van der Waals surface area contributed by atoms with Gasteiger partial charge in [-0.2, -0.15) is 0 Å². The van der Waals surface area contributed by atoms with Gasteiger partial charge < -0.3 is 16.0 Å². The molecule has 2 aliphatic heterocycles. The number of hydrogen-bond donors (Lipinski definition) is 2. The Morgan fingerprint density at radius 1 is 1.50 bits per heavy atom. The van der Waals surface area contributed by atoms with Crippen LogP contribution in [0.4, 0.5) is 0 Å². The number of rotatable bonds is 2. The lowest BCUT2D eigenvalue weighted by Gasteiger charge is -2.16. The molecule has 0 aromatic heterocycles. The molecule has 0 unspecified atom stereocenters. The zero-order valence-corrected chi connectivity index (χ0v) is 8.12. The number of amides is 1. The molecule has 14 heavy (non-hydrogen) atoms. The van der Waals surface area contributed by atoms with Crippen LogP contribution in [0, 0.1) is 0 Å². The first-order valence-corrected chi connectivity index (χ1v) is 5.21. The Labute approximate surface area is 83.1 Å². The molecule has 0 aromatic rings. The number of hydrogen-bond acceptors (Lipinski definition) is 3. The van der Waals surface area contributed by atoms with Crippen molar-refractivity contribution in [3.05, 3.63) is 11.1 Å². The van der Waals surface area contributed by atoms with Gasteiger partial charge in [-0.1, -0.05) is 5.57 Å². The van der Waals surface area contributed by atoms with E-state index in [4.69, 9.17) is 5.73 Å². The Hall–Kier alpha value is -0.870. The van der Waals surface area contributed by atoms with Crippen molar-refractivity contribution >= 4 is 5.91 Å². The van der Waals surface area contributed by atoms with Gasteiger partial charge >= 0.3 is 0 Å². The lowest BCUT2D eigenvalue weighted by Crippen LogP contribution is -2.34. The largest absolute Gasteiger partial charge is 0.330 e. The molecule has 0 aromatic carbocycles. The molecule has 0 spiro atoms. The Bertz CT molecular complexity index is 323. The van der Waals surface area contributed by atoms with Crippen molar-refractivity contribution in [1.29, 1.82) is 0 Å². The van der Waals surface area contributed by atoms with Crippen LogP contribution in [0.3, 0.4) is 0 Å². The molecule has 4 heteroatoms. The van der Waals surface area contributed by atoms with Crippen LogP contribution < -0.4 is 11.1 Å². The third-order valence-corrected chi connectivity index (χ3v) is 3.41. The summed E-state index contributed by atoms with van der Waals surface area (Å²) in [5, 5.41) is 3.45. The minimum atomic E-state index is 0.281. The molecule has 0 saturated carbocycles. The molecule has 2 atom stereocenters. The maximum absolute atomic E-state index is 10.9. The minimum Gasteiger partial charge on any atom is -0.330 e. The quantitative estimate of drug-likeness (QED) is 0.447. The lowest BCUT2D eigenvalue weighted by molar-refractivity contribution is -0.113. The number of nitrogens with one attached hydrogen (secondary N) is 1. The summed E-state index contributed by atoms with van der Waals surface area (Å²) in [7, 11) is 0. The van der Waals surface area contributed by atoms with E-state index in [2.05, 4.69) is 5.32 Å². The van der Waals surface area contributed by atoms with Crippen LogP contribution in [-0.2, 0) is 4.79 Å². The molecule has 0 radical (unpaired) electrons. The summed E-state index contributed by atoms with van der Waals surface area (Å²) < 4.78 is 0. The van der Waals surface area contributed by atoms with E-state index in [1.807, 2.05) is 4.90 Å². The Morgan fingerprint density at radius 3 is 3.00 bits per heavy atom. The zero-order valence-electron chi connectivity index (χ0n) is 8.12. The molecule has 76 valence electrons. The van der Waals surface area contributed by atoms with E-state index in [1.54, 1.807) is 0 Å². The highest BCUT2D eigenvalue weighted by Crippen LogP contribution is 2.32. The van der Waals surface area contributed by atoms with Crippen LogP contribution in [0.2, 0.25) is 0 Å². The van der Waals surface area contributed by atoms with Gasteiger partial charge in [-0.05, 0) is 18.4 Å². The Morgan fingerprint density at radius 2 is 2.29 bits per heavy atom. The number of nitrogens with zero attached hydrogens (tertiary/aromatic N) is 1. The average Bonchev–Trinajstić information content (AvgIpc) is 2.56. The van der Waals surface area contributed by atoms with E-state index in [0.29, 0.717) is 18.6 Å². The van der Waals surface area contributed by atoms with E-state index >= 15 is 0 Å². The first kappa shape index (κ1) is 8.44. The molecule has 1 saturated heterocycles. The van der Waals surface area contributed by atoms with E-state index in [0.717, 1.165) is 25.9 Å². The maximum Gasteiger partial charge on any atom is 0.242 e. The summed E-state index contributed by atoms with van der Waals surface area (Å²) in [5.41, 5.74) is 8.89. The van der Waals surface area contributed by atoms with Crippen molar-refractivity contribution in [1.82, 2.24) is 10.2 Å². The molecule has 2 heterocycles. The number of carbonyl (C=O) groups is 1. The summed E-state index contributed by atoms with van der Waals surface area (Å²) in [4.78, 5) is 12.8. The van der Waals surface area contributed by atoms with Gasteiger partial charge in [-0.3, -0.25) is 4.79 Å². The van der Waals surface area contributed by atoms with Crippen molar-refractivity contribution in [2.45, 2.75) is 24.9 Å². The second kappa shape index (κ2) is 2.81. The fraction of sp³-hybridized carbons (Fsp3) is 0.700. The topological polar surface area (TPSA) is 58.1 Å². The SMILES string of the molecule is N[C@H]1CC2=C(C1)[C@@H](CN1CC1=O)NC2. The zero-order chi connectivity index (χ0) is 9.71. The number of nitrogens with two attached hydrogens (primary N) is 1. The van der Waals surface area contributed by atoms with Crippen molar-refractivity contribution in [3.63, 3.8) is 0 Å². The highest BCUT2D eigenvalue weighted by atomic mass is 16.2. The van der Waals surface area contributed by atoms with Crippen LogP contribution in [-0.4, -0.2) is 42.5 Å². The van der Waals surface area contributed by atoms with Gasteiger partial charge in [0.15, 0.2) is 0 Å². The van der Waals surface area contributed by atoms with Gasteiger partial charge in [-0.15, -0.1) is 0 Å². The molecular formula is C10H15N3O. The normalized spacial score (nSPS) is 35.5.